The average molecular weight is 189 g/mol. The first-order valence-electron chi connectivity index (χ1n) is 3.47. The van der Waals surface area contributed by atoms with Crippen molar-refractivity contribution in [2.75, 3.05) is 14.2 Å². The van der Waals surface area contributed by atoms with Crippen molar-refractivity contribution in [1.29, 1.82) is 0 Å². The zero-order chi connectivity index (χ0) is 8.97. The number of nitrogens with zero attached hydrogens (tertiary/aromatic N) is 1. The lowest BCUT2D eigenvalue weighted by molar-refractivity contribution is -0.111. The zero-order valence-corrected chi connectivity index (χ0v) is 7.84. The van der Waals surface area contributed by atoms with Gasteiger partial charge in [0.2, 0.25) is 0 Å². The first-order chi connectivity index (χ1) is 5.77. The molecule has 0 aliphatic rings. The van der Waals surface area contributed by atoms with Gasteiger partial charge in [-0.2, -0.15) is 0 Å². The molecule has 68 valence electrons. The molecule has 0 aliphatic carbocycles. The van der Waals surface area contributed by atoms with Gasteiger partial charge in [0.05, 0.1) is 6.54 Å². The van der Waals surface area contributed by atoms with Gasteiger partial charge in [-0.05, 0) is 0 Å². The number of thiazole rings is 1. The minimum atomic E-state index is -0.350. The summed E-state index contributed by atoms with van der Waals surface area (Å²) < 4.78 is 11.5. The molecule has 4 nitrogen and oxygen atoms in total. The largest absolute Gasteiger partial charge is 0.354 e. The summed E-state index contributed by atoms with van der Waals surface area (Å²) in [4.78, 5) is 11.1. The van der Waals surface area contributed by atoms with E-state index in [1.807, 2.05) is 0 Å². The molecule has 0 amide bonds. The van der Waals surface area contributed by atoms with Crippen molar-refractivity contribution in [1.82, 2.24) is 4.57 Å². The molecule has 1 aromatic rings. The molecule has 1 aromatic heterocycles. The Morgan fingerprint density at radius 1 is 1.58 bits per heavy atom. The van der Waals surface area contributed by atoms with Crippen molar-refractivity contribution in [3.8, 4) is 0 Å². The Bertz CT molecular complexity index is 276. The van der Waals surface area contributed by atoms with E-state index in [2.05, 4.69) is 0 Å². The molecule has 0 bridgehead atoms. The second kappa shape index (κ2) is 4.39. The fourth-order valence-corrected chi connectivity index (χ4v) is 1.43. The van der Waals surface area contributed by atoms with Crippen LogP contribution in [0.1, 0.15) is 0 Å². The molecule has 1 heterocycles. The Kier molecular flexibility index (Phi) is 3.46. The van der Waals surface area contributed by atoms with Crippen LogP contribution in [0, 0.1) is 0 Å². The van der Waals surface area contributed by atoms with Crippen LogP contribution < -0.4 is 4.87 Å². The highest BCUT2D eigenvalue weighted by molar-refractivity contribution is 7.07. The molecule has 0 saturated carbocycles. The highest BCUT2D eigenvalue weighted by Gasteiger charge is 2.06. The second-order valence-electron chi connectivity index (χ2n) is 2.22. The molecule has 0 saturated heterocycles. The maximum Gasteiger partial charge on any atom is 0.307 e. The topological polar surface area (TPSA) is 40.5 Å². The van der Waals surface area contributed by atoms with E-state index in [1.165, 1.54) is 0 Å². The third-order valence-electron chi connectivity index (χ3n) is 1.52. The van der Waals surface area contributed by atoms with Crippen LogP contribution in [-0.2, 0) is 16.0 Å². The summed E-state index contributed by atoms with van der Waals surface area (Å²) >= 11 is 1.16. The number of hydrogen-bond acceptors (Lipinski definition) is 4. The van der Waals surface area contributed by atoms with E-state index in [0.717, 1.165) is 11.3 Å². The average Bonchev–Trinajstić information content (AvgIpc) is 2.47. The molecule has 0 aromatic carbocycles. The molecule has 0 radical (unpaired) electrons. The molecule has 5 heteroatoms. The molecule has 1 rings (SSSR count). The third kappa shape index (κ3) is 2.17. The summed E-state index contributed by atoms with van der Waals surface area (Å²) in [7, 11) is 3.09. The van der Waals surface area contributed by atoms with Crippen LogP contribution >= 0.6 is 11.3 Å². The van der Waals surface area contributed by atoms with Gasteiger partial charge < -0.3 is 14.0 Å². The highest BCUT2D eigenvalue weighted by atomic mass is 32.1. The van der Waals surface area contributed by atoms with Crippen molar-refractivity contribution in [3.05, 3.63) is 21.2 Å². The first-order valence-corrected chi connectivity index (χ1v) is 4.35. The van der Waals surface area contributed by atoms with Gasteiger partial charge in [-0.3, -0.25) is 4.79 Å². The van der Waals surface area contributed by atoms with E-state index in [9.17, 15) is 4.79 Å². The number of aromatic nitrogens is 1. The molecule has 0 atom stereocenters. The normalized spacial score (nSPS) is 10.9. The van der Waals surface area contributed by atoms with Crippen LogP contribution in [0.3, 0.4) is 0 Å². The van der Waals surface area contributed by atoms with Gasteiger partial charge in [0, 0.05) is 25.8 Å². The van der Waals surface area contributed by atoms with Crippen molar-refractivity contribution in [2.24, 2.45) is 0 Å². The Hall–Kier alpha value is -0.650. The predicted octanol–water partition coefficient (Wildman–Crippen LogP) is 0.529. The highest BCUT2D eigenvalue weighted by Crippen LogP contribution is 1.96. The van der Waals surface area contributed by atoms with Crippen molar-refractivity contribution >= 4 is 11.3 Å². The van der Waals surface area contributed by atoms with Gasteiger partial charge in [0.1, 0.15) is 0 Å². The van der Waals surface area contributed by atoms with E-state index in [0.29, 0.717) is 6.54 Å². The summed E-state index contributed by atoms with van der Waals surface area (Å²) in [6.45, 7) is 0.440. The number of rotatable bonds is 4. The van der Waals surface area contributed by atoms with Crippen LogP contribution in [-0.4, -0.2) is 25.1 Å². The van der Waals surface area contributed by atoms with Gasteiger partial charge in [-0.1, -0.05) is 11.3 Å². The monoisotopic (exact) mass is 189 g/mol. The van der Waals surface area contributed by atoms with Crippen LogP contribution in [0.4, 0.5) is 0 Å². The Balaban J connectivity index is 2.62. The summed E-state index contributed by atoms with van der Waals surface area (Å²) in [5.74, 6) is 0. The van der Waals surface area contributed by atoms with E-state index in [4.69, 9.17) is 9.47 Å². The van der Waals surface area contributed by atoms with Gasteiger partial charge >= 0.3 is 4.87 Å². The SMILES string of the molecule is COC(Cn1ccsc1=O)OC. The molecule has 0 unspecified atom stereocenters. The molecular formula is C7H11NO3S. The Morgan fingerprint density at radius 3 is 2.67 bits per heavy atom. The predicted molar refractivity (Wildman–Crippen MR) is 46.4 cm³/mol. The second-order valence-corrected chi connectivity index (χ2v) is 3.08. The molecular weight excluding hydrogens is 178 g/mol. The zero-order valence-electron chi connectivity index (χ0n) is 7.02. The maximum atomic E-state index is 11.1. The minimum Gasteiger partial charge on any atom is -0.354 e. The molecule has 0 aliphatic heterocycles. The summed E-state index contributed by atoms with van der Waals surface area (Å²) in [6.07, 6.45) is 1.37. The van der Waals surface area contributed by atoms with Crippen LogP contribution in [0.2, 0.25) is 0 Å². The van der Waals surface area contributed by atoms with Crippen molar-refractivity contribution in [2.45, 2.75) is 12.8 Å². The third-order valence-corrected chi connectivity index (χ3v) is 2.21. The summed E-state index contributed by atoms with van der Waals surface area (Å²) in [6, 6.07) is 0. The Morgan fingerprint density at radius 2 is 2.25 bits per heavy atom. The lowest BCUT2D eigenvalue weighted by Crippen LogP contribution is -2.25. The quantitative estimate of drug-likeness (QED) is 0.649. The lowest BCUT2D eigenvalue weighted by atomic mass is 10.6. The van der Waals surface area contributed by atoms with Crippen LogP contribution in [0.25, 0.3) is 0 Å². The smallest absolute Gasteiger partial charge is 0.307 e. The molecule has 0 spiro atoms. The van der Waals surface area contributed by atoms with Crippen molar-refractivity contribution in [3.63, 3.8) is 0 Å². The lowest BCUT2D eigenvalue weighted by Gasteiger charge is -2.12. The standard InChI is InChI=1S/C7H11NO3S/c1-10-6(11-2)5-8-3-4-12-7(8)9/h3-4,6H,5H2,1-2H3. The maximum absolute atomic E-state index is 11.1. The van der Waals surface area contributed by atoms with E-state index < -0.39 is 0 Å². The van der Waals surface area contributed by atoms with Gasteiger partial charge in [-0.25, -0.2) is 0 Å². The molecule has 0 N–H and O–H groups in total. The number of hydrogen-bond donors (Lipinski definition) is 0. The number of ether oxygens (including phenoxy) is 2. The van der Waals surface area contributed by atoms with E-state index in [1.54, 1.807) is 30.4 Å². The molecule has 12 heavy (non-hydrogen) atoms. The van der Waals surface area contributed by atoms with Crippen LogP contribution in [0.5, 0.6) is 0 Å². The van der Waals surface area contributed by atoms with E-state index in [-0.39, 0.29) is 11.2 Å². The minimum absolute atomic E-state index is 0.00843. The Labute approximate surface area is 74.3 Å². The summed E-state index contributed by atoms with van der Waals surface area (Å²) in [5.41, 5.74) is 0. The fraction of sp³-hybridized carbons (Fsp3) is 0.571. The van der Waals surface area contributed by atoms with Crippen LogP contribution in [0.15, 0.2) is 16.4 Å². The fourth-order valence-electron chi connectivity index (χ4n) is 0.832. The van der Waals surface area contributed by atoms with Gasteiger partial charge in [0.15, 0.2) is 6.29 Å². The van der Waals surface area contributed by atoms with Gasteiger partial charge in [-0.15, -0.1) is 0 Å². The van der Waals surface area contributed by atoms with Crippen molar-refractivity contribution < 1.29 is 9.47 Å². The molecule has 0 fully saturated rings. The summed E-state index contributed by atoms with van der Waals surface area (Å²) in [5, 5.41) is 1.74. The van der Waals surface area contributed by atoms with Gasteiger partial charge in [0.25, 0.3) is 0 Å². The number of methoxy groups -OCH3 is 2. The first kappa shape index (κ1) is 9.44. The van der Waals surface area contributed by atoms with E-state index >= 15 is 0 Å².